The number of piperidine rings is 1. The number of amides is 1. The SMILES string of the molecule is CC(C)N1C(=O)CCC(C(=O)O)C1c1ccco1. The molecule has 5 heteroatoms. The molecule has 18 heavy (non-hydrogen) atoms. The van der Waals surface area contributed by atoms with Gasteiger partial charge in [0.15, 0.2) is 0 Å². The molecule has 0 spiro atoms. The third kappa shape index (κ3) is 2.12. The first-order chi connectivity index (χ1) is 8.52. The first kappa shape index (κ1) is 12.7. The van der Waals surface area contributed by atoms with Crippen LogP contribution in [-0.4, -0.2) is 27.9 Å². The van der Waals surface area contributed by atoms with Gasteiger partial charge in [0.2, 0.25) is 5.91 Å². The number of hydrogen-bond donors (Lipinski definition) is 1. The van der Waals surface area contributed by atoms with Crippen LogP contribution in [0.25, 0.3) is 0 Å². The van der Waals surface area contributed by atoms with Crippen LogP contribution in [0.2, 0.25) is 0 Å². The van der Waals surface area contributed by atoms with Crippen molar-refractivity contribution < 1.29 is 19.1 Å². The lowest BCUT2D eigenvalue weighted by Gasteiger charge is -2.40. The van der Waals surface area contributed by atoms with Crippen LogP contribution >= 0.6 is 0 Å². The van der Waals surface area contributed by atoms with Gasteiger partial charge in [-0.15, -0.1) is 0 Å². The molecule has 2 atom stereocenters. The lowest BCUT2D eigenvalue weighted by molar-refractivity contribution is -0.154. The smallest absolute Gasteiger partial charge is 0.309 e. The van der Waals surface area contributed by atoms with Crippen molar-refractivity contribution >= 4 is 11.9 Å². The molecule has 1 saturated heterocycles. The van der Waals surface area contributed by atoms with Crippen LogP contribution in [0.4, 0.5) is 0 Å². The Morgan fingerprint density at radius 3 is 2.78 bits per heavy atom. The van der Waals surface area contributed by atoms with Crippen molar-refractivity contribution in [1.82, 2.24) is 4.90 Å². The van der Waals surface area contributed by atoms with E-state index in [4.69, 9.17) is 4.42 Å². The summed E-state index contributed by atoms with van der Waals surface area (Å²) in [5.41, 5.74) is 0. The number of likely N-dealkylation sites (tertiary alicyclic amines) is 1. The molecule has 2 rings (SSSR count). The molecule has 0 saturated carbocycles. The molecule has 98 valence electrons. The summed E-state index contributed by atoms with van der Waals surface area (Å²) in [6.45, 7) is 3.77. The summed E-state index contributed by atoms with van der Waals surface area (Å²) < 4.78 is 5.32. The van der Waals surface area contributed by atoms with Gasteiger partial charge < -0.3 is 14.4 Å². The van der Waals surface area contributed by atoms with Gasteiger partial charge in [-0.3, -0.25) is 9.59 Å². The van der Waals surface area contributed by atoms with Gasteiger partial charge in [0, 0.05) is 12.5 Å². The number of carboxylic acid groups (broad SMARTS) is 1. The Hall–Kier alpha value is -1.78. The number of carboxylic acids is 1. The van der Waals surface area contributed by atoms with Crippen LogP contribution in [0, 0.1) is 5.92 Å². The summed E-state index contributed by atoms with van der Waals surface area (Å²) in [4.78, 5) is 25.0. The van der Waals surface area contributed by atoms with Crippen molar-refractivity contribution in [3.05, 3.63) is 24.2 Å². The molecule has 1 aliphatic rings. The third-order valence-corrected chi connectivity index (χ3v) is 3.35. The zero-order chi connectivity index (χ0) is 13.3. The number of rotatable bonds is 3. The molecule has 1 amide bonds. The number of furan rings is 1. The first-order valence-corrected chi connectivity index (χ1v) is 6.09. The summed E-state index contributed by atoms with van der Waals surface area (Å²) >= 11 is 0. The molecule has 0 bridgehead atoms. The standard InChI is InChI=1S/C13H17NO4/c1-8(2)14-11(15)6-5-9(13(16)17)12(14)10-4-3-7-18-10/h3-4,7-9,12H,5-6H2,1-2H3,(H,16,17). The van der Waals surface area contributed by atoms with E-state index in [1.807, 2.05) is 13.8 Å². The van der Waals surface area contributed by atoms with Crippen LogP contribution in [0.3, 0.4) is 0 Å². The second-order valence-electron chi connectivity index (χ2n) is 4.84. The zero-order valence-corrected chi connectivity index (χ0v) is 10.5. The summed E-state index contributed by atoms with van der Waals surface area (Å²) in [5, 5.41) is 9.31. The quantitative estimate of drug-likeness (QED) is 0.892. The van der Waals surface area contributed by atoms with Crippen LogP contribution in [0.1, 0.15) is 38.5 Å². The van der Waals surface area contributed by atoms with E-state index in [1.54, 1.807) is 17.0 Å². The fourth-order valence-electron chi connectivity index (χ4n) is 2.58. The molecular formula is C13H17NO4. The van der Waals surface area contributed by atoms with Gasteiger partial charge in [-0.25, -0.2) is 0 Å². The summed E-state index contributed by atoms with van der Waals surface area (Å²) in [7, 11) is 0. The van der Waals surface area contributed by atoms with Gasteiger partial charge in [0.1, 0.15) is 11.8 Å². The molecule has 0 radical (unpaired) electrons. The first-order valence-electron chi connectivity index (χ1n) is 6.09. The molecular weight excluding hydrogens is 234 g/mol. The maximum absolute atomic E-state index is 12.0. The molecule has 0 aromatic carbocycles. The van der Waals surface area contributed by atoms with Crippen molar-refractivity contribution in [1.29, 1.82) is 0 Å². The fraction of sp³-hybridized carbons (Fsp3) is 0.538. The Kier molecular flexibility index (Phi) is 3.41. The molecule has 1 fully saturated rings. The summed E-state index contributed by atoms with van der Waals surface area (Å²) in [6, 6.07) is 2.90. The minimum Gasteiger partial charge on any atom is -0.481 e. The number of aliphatic carboxylic acids is 1. The lowest BCUT2D eigenvalue weighted by atomic mass is 9.86. The molecule has 2 heterocycles. The Morgan fingerprint density at radius 2 is 2.28 bits per heavy atom. The predicted molar refractivity (Wildman–Crippen MR) is 63.8 cm³/mol. The van der Waals surface area contributed by atoms with Crippen molar-refractivity contribution in [2.24, 2.45) is 5.92 Å². The molecule has 0 aliphatic carbocycles. The van der Waals surface area contributed by atoms with E-state index in [0.29, 0.717) is 12.2 Å². The normalized spacial score (nSPS) is 24.6. The summed E-state index contributed by atoms with van der Waals surface area (Å²) in [5.74, 6) is -0.946. The van der Waals surface area contributed by atoms with E-state index >= 15 is 0 Å². The highest BCUT2D eigenvalue weighted by Gasteiger charge is 2.43. The minimum atomic E-state index is -0.880. The largest absolute Gasteiger partial charge is 0.481 e. The lowest BCUT2D eigenvalue weighted by Crippen LogP contribution is -2.48. The van der Waals surface area contributed by atoms with Crippen molar-refractivity contribution in [2.75, 3.05) is 0 Å². The third-order valence-electron chi connectivity index (χ3n) is 3.35. The summed E-state index contributed by atoms with van der Waals surface area (Å²) in [6.07, 6.45) is 2.15. The van der Waals surface area contributed by atoms with Gasteiger partial charge in [-0.05, 0) is 32.4 Å². The van der Waals surface area contributed by atoms with Crippen molar-refractivity contribution in [3.63, 3.8) is 0 Å². The number of carbonyl (C=O) groups excluding carboxylic acids is 1. The molecule has 1 N–H and O–H groups in total. The van der Waals surface area contributed by atoms with Gasteiger partial charge >= 0.3 is 5.97 Å². The Balaban J connectivity index is 2.41. The molecule has 1 aliphatic heterocycles. The Morgan fingerprint density at radius 1 is 1.56 bits per heavy atom. The van der Waals surface area contributed by atoms with E-state index in [0.717, 1.165) is 0 Å². The molecule has 5 nitrogen and oxygen atoms in total. The highest BCUT2D eigenvalue weighted by atomic mass is 16.4. The van der Waals surface area contributed by atoms with Crippen molar-refractivity contribution in [3.8, 4) is 0 Å². The number of nitrogens with zero attached hydrogens (tertiary/aromatic N) is 1. The topological polar surface area (TPSA) is 70.8 Å². The van der Waals surface area contributed by atoms with Gasteiger partial charge in [-0.2, -0.15) is 0 Å². The maximum atomic E-state index is 12.0. The monoisotopic (exact) mass is 251 g/mol. The van der Waals surface area contributed by atoms with Gasteiger partial charge in [0.05, 0.1) is 12.2 Å². The van der Waals surface area contributed by atoms with Crippen LogP contribution in [0.15, 0.2) is 22.8 Å². The number of carbonyl (C=O) groups is 2. The average molecular weight is 251 g/mol. The highest BCUT2D eigenvalue weighted by Crippen LogP contribution is 2.38. The number of hydrogen-bond acceptors (Lipinski definition) is 3. The Labute approximate surface area is 105 Å². The maximum Gasteiger partial charge on any atom is 0.309 e. The zero-order valence-electron chi connectivity index (χ0n) is 10.5. The van der Waals surface area contributed by atoms with Crippen LogP contribution < -0.4 is 0 Å². The van der Waals surface area contributed by atoms with E-state index in [2.05, 4.69) is 0 Å². The predicted octanol–water partition coefficient (Wildman–Crippen LogP) is 2.05. The van der Waals surface area contributed by atoms with E-state index in [-0.39, 0.29) is 18.4 Å². The van der Waals surface area contributed by atoms with Crippen molar-refractivity contribution in [2.45, 2.75) is 38.8 Å². The molecule has 2 unspecified atom stereocenters. The van der Waals surface area contributed by atoms with Gasteiger partial charge in [-0.1, -0.05) is 0 Å². The average Bonchev–Trinajstić information content (AvgIpc) is 2.80. The van der Waals surface area contributed by atoms with Crippen LogP contribution in [0.5, 0.6) is 0 Å². The second-order valence-corrected chi connectivity index (χ2v) is 4.84. The van der Waals surface area contributed by atoms with E-state index < -0.39 is 17.9 Å². The van der Waals surface area contributed by atoms with E-state index in [9.17, 15) is 14.7 Å². The van der Waals surface area contributed by atoms with Crippen LogP contribution in [-0.2, 0) is 9.59 Å². The molecule has 1 aromatic heterocycles. The fourth-order valence-corrected chi connectivity index (χ4v) is 2.58. The van der Waals surface area contributed by atoms with E-state index in [1.165, 1.54) is 6.26 Å². The molecule has 1 aromatic rings. The highest BCUT2D eigenvalue weighted by molar-refractivity contribution is 5.81. The minimum absolute atomic E-state index is 0.0103. The Bertz CT molecular complexity index is 438. The van der Waals surface area contributed by atoms with Gasteiger partial charge in [0.25, 0.3) is 0 Å². The second kappa shape index (κ2) is 4.84.